The van der Waals surface area contributed by atoms with Crippen molar-refractivity contribution in [1.82, 2.24) is 10.6 Å². The molecule has 28 heavy (non-hydrogen) atoms. The minimum atomic E-state index is -0.886. The third-order valence-corrected chi connectivity index (χ3v) is 4.52. The van der Waals surface area contributed by atoms with Gasteiger partial charge in [0.15, 0.2) is 0 Å². The summed E-state index contributed by atoms with van der Waals surface area (Å²) in [7, 11) is 0. The first-order valence-corrected chi connectivity index (χ1v) is 9.29. The van der Waals surface area contributed by atoms with E-state index in [4.69, 9.17) is 5.73 Å². The molecule has 3 atom stereocenters. The van der Waals surface area contributed by atoms with Gasteiger partial charge in [-0.25, -0.2) is 8.78 Å². The number of nitrogens with two attached hydrogens (primary N) is 1. The Balaban J connectivity index is 1.70. The van der Waals surface area contributed by atoms with Gasteiger partial charge in [0.25, 0.3) is 0 Å². The summed E-state index contributed by atoms with van der Waals surface area (Å²) in [4.78, 5) is 12.1. The first-order valence-electron chi connectivity index (χ1n) is 9.29. The van der Waals surface area contributed by atoms with Crippen LogP contribution in [0.1, 0.15) is 24.5 Å². The fraction of sp³-hybridized carbons (Fsp3) is 0.381. The molecule has 2 aromatic rings. The molecule has 0 radical (unpaired) electrons. The molecular weight excluding hydrogens is 364 g/mol. The third-order valence-electron chi connectivity index (χ3n) is 4.52. The van der Waals surface area contributed by atoms with E-state index in [0.717, 1.165) is 11.6 Å². The summed E-state index contributed by atoms with van der Waals surface area (Å²) >= 11 is 0. The quantitative estimate of drug-likeness (QED) is 0.498. The fourth-order valence-corrected chi connectivity index (χ4v) is 2.76. The van der Waals surface area contributed by atoms with Crippen molar-refractivity contribution in [3.8, 4) is 0 Å². The van der Waals surface area contributed by atoms with Crippen LogP contribution in [0.2, 0.25) is 0 Å². The predicted molar refractivity (Wildman–Crippen MR) is 104 cm³/mol. The maximum Gasteiger partial charge on any atom is 0.237 e. The van der Waals surface area contributed by atoms with Gasteiger partial charge in [-0.15, -0.1) is 0 Å². The zero-order valence-electron chi connectivity index (χ0n) is 15.9. The van der Waals surface area contributed by atoms with Crippen LogP contribution >= 0.6 is 0 Å². The van der Waals surface area contributed by atoms with E-state index in [2.05, 4.69) is 10.6 Å². The Labute approximate surface area is 163 Å². The highest BCUT2D eigenvalue weighted by molar-refractivity contribution is 5.81. The van der Waals surface area contributed by atoms with Crippen LogP contribution < -0.4 is 16.4 Å². The van der Waals surface area contributed by atoms with E-state index >= 15 is 0 Å². The van der Waals surface area contributed by atoms with Gasteiger partial charge in [-0.1, -0.05) is 30.3 Å². The number of halogens is 2. The van der Waals surface area contributed by atoms with E-state index in [-0.39, 0.29) is 12.5 Å². The minimum absolute atomic E-state index is 0.138. The average molecular weight is 391 g/mol. The van der Waals surface area contributed by atoms with E-state index in [1.807, 2.05) is 30.3 Å². The Bertz CT molecular complexity index is 738. The Hall–Kier alpha value is -2.35. The zero-order valence-corrected chi connectivity index (χ0v) is 15.9. The zero-order chi connectivity index (χ0) is 20.5. The van der Waals surface area contributed by atoms with E-state index < -0.39 is 29.8 Å². The second-order valence-electron chi connectivity index (χ2n) is 6.88. The number of aliphatic hydroxyl groups excluding tert-OH is 1. The van der Waals surface area contributed by atoms with Crippen molar-refractivity contribution < 1.29 is 18.7 Å². The lowest BCUT2D eigenvalue weighted by molar-refractivity contribution is -0.123. The van der Waals surface area contributed by atoms with Crippen molar-refractivity contribution in [3.05, 3.63) is 71.3 Å². The molecule has 0 spiro atoms. The molecule has 0 saturated carbocycles. The van der Waals surface area contributed by atoms with Crippen LogP contribution in [0.3, 0.4) is 0 Å². The standard InChI is InChI=1S/C21H27F2N3O2/c1-14(21(28)26-12-15-5-3-2-4-6-15)25-13-20(27)19(24)8-7-16-9-17(22)11-18(23)10-16/h2-6,9-11,14,19-20,25,27H,7-8,12-13,24H2,1H3,(H,26,28)/t14-,19-,20+/m0/s1. The number of aryl methyl sites for hydroxylation is 1. The van der Waals surface area contributed by atoms with Crippen LogP contribution in [-0.2, 0) is 17.8 Å². The summed E-state index contributed by atoms with van der Waals surface area (Å²) in [6.45, 7) is 2.27. The van der Waals surface area contributed by atoms with Crippen molar-refractivity contribution in [2.24, 2.45) is 5.73 Å². The summed E-state index contributed by atoms with van der Waals surface area (Å²) in [5.74, 6) is -1.46. The van der Waals surface area contributed by atoms with Gasteiger partial charge in [0, 0.05) is 25.2 Å². The van der Waals surface area contributed by atoms with Gasteiger partial charge in [-0.2, -0.15) is 0 Å². The molecule has 0 unspecified atom stereocenters. The lowest BCUT2D eigenvalue weighted by Gasteiger charge is -2.21. The Kier molecular flexibility index (Phi) is 8.50. The van der Waals surface area contributed by atoms with Crippen LogP contribution in [0.5, 0.6) is 0 Å². The predicted octanol–water partition coefficient (Wildman–Crippen LogP) is 1.88. The lowest BCUT2D eigenvalue weighted by atomic mass is 10.0. The number of amides is 1. The van der Waals surface area contributed by atoms with Crippen molar-refractivity contribution in [3.63, 3.8) is 0 Å². The van der Waals surface area contributed by atoms with Gasteiger partial charge >= 0.3 is 0 Å². The van der Waals surface area contributed by atoms with Crippen LogP contribution in [0.15, 0.2) is 48.5 Å². The Morgan fingerprint density at radius 1 is 1.11 bits per heavy atom. The highest BCUT2D eigenvalue weighted by Gasteiger charge is 2.18. The highest BCUT2D eigenvalue weighted by atomic mass is 19.1. The average Bonchev–Trinajstić information content (AvgIpc) is 2.68. The van der Waals surface area contributed by atoms with Gasteiger partial charge in [0.05, 0.1) is 12.1 Å². The maximum atomic E-state index is 13.2. The number of hydrogen-bond acceptors (Lipinski definition) is 4. The molecule has 7 heteroatoms. The smallest absolute Gasteiger partial charge is 0.237 e. The van der Waals surface area contributed by atoms with Gasteiger partial charge in [0.2, 0.25) is 5.91 Å². The van der Waals surface area contributed by atoms with Crippen molar-refractivity contribution >= 4 is 5.91 Å². The molecule has 5 N–H and O–H groups in total. The minimum Gasteiger partial charge on any atom is -0.390 e. The summed E-state index contributed by atoms with van der Waals surface area (Å²) in [6, 6.07) is 11.8. The number of aliphatic hydroxyl groups is 1. The molecule has 5 nitrogen and oxygen atoms in total. The number of carbonyl (C=O) groups excluding carboxylic acids is 1. The van der Waals surface area contributed by atoms with E-state index in [0.29, 0.717) is 24.9 Å². The second kappa shape index (κ2) is 10.8. The molecule has 1 amide bonds. The molecule has 0 aliphatic carbocycles. The molecule has 0 aromatic heterocycles. The molecule has 0 saturated heterocycles. The molecule has 0 aliphatic rings. The van der Waals surface area contributed by atoms with E-state index in [1.165, 1.54) is 12.1 Å². The molecule has 0 bridgehead atoms. The maximum absolute atomic E-state index is 13.2. The Morgan fingerprint density at radius 3 is 2.39 bits per heavy atom. The molecule has 0 heterocycles. The normalized spacial score (nSPS) is 14.3. The number of nitrogens with one attached hydrogen (secondary N) is 2. The molecule has 152 valence electrons. The lowest BCUT2D eigenvalue weighted by Crippen LogP contribution is -2.48. The fourth-order valence-electron chi connectivity index (χ4n) is 2.76. The van der Waals surface area contributed by atoms with Crippen molar-refractivity contribution in [1.29, 1.82) is 0 Å². The van der Waals surface area contributed by atoms with Crippen LogP contribution in [0.4, 0.5) is 8.78 Å². The van der Waals surface area contributed by atoms with Gasteiger partial charge < -0.3 is 21.5 Å². The third kappa shape index (κ3) is 7.34. The van der Waals surface area contributed by atoms with Crippen LogP contribution in [0, 0.1) is 11.6 Å². The summed E-state index contributed by atoms with van der Waals surface area (Å²) < 4.78 is 26.4. The number of carbonyl (C=O) groups is 1. The topological polar surface area (TPSA) is 87.4 Å². The SMILES string of the molecule is C[C@H](NC[C@@H](O)[C@@H](N)CCc1cc(F)cc(F)c1)C(=O)NCc1ccccc1. The number of rotatable bonds is 10. The first kappa shape index (κ1) is 21.9. The number of hydrogen-bond donors (Lipinski definition) is 4. The van der Waals surface area contributed by atoms with Crippen molar-refractivity contribution in [2.75, 3.05) is 6.54 Å². The van der Waals surface area contributed by atoms with Crippen LogP contribution in [0.25, 0.3) is 0 Å². The van der Waals surface area contributed by atoms with E-state index in [9.17, 15) is 18.7 Å². The molecule has 0 aliphatic heterocycles. The van der Waals surface area contributed by atoms with Crippen LogP contribution in [-0.4, -0.2) is 35.7 Å². The first-order chi connectivity index (χ1) is 13.3. The summed E-state index contributed by atoms with van der Waals surface area (Å²) in [6.07, 6.45) is -0.178. The molecule has 2 rings (SSSR count). The molecule has 0 fully saturated rings. The van der Waals surface area contributed by atoms with E-state index in [1.54, 1.807) is 6.92 Å². The van der Waals surface area contributed by atoms with Gasteiger partial charge in [-0.3, -0.25) is 4.79 Å². The Morgan fingerprint density at radius 2 is 1.75 bits per heavy atom. The van der Waals surface area contributed by atoms with Gasteiger partial charge in [-0.05, 0) is 43.0 Å². The van der Waals surface area contributed by atoms with Crippen molar-refractivity contribution in [2.45, 2.75) is 44.5 Å². The monoisotopic (exact) mass is 391 g/mol. The number of benzene rings is 2. The summed E-state index contributed by atoms with van der Waals surface area (Å²) in [5, 5.41) is 16.0. The highest BCUT2D eigenvalue weighted by Crippen LogP contribution is 2.11. The molecule has 2 aromatic carbocycles. The molecular formula is C21H27F2N3O2. The largest absolute Gasteiger partial charge is 0.390 e. The van der Waals surface area contributed by atoms with Gasteiger partial charge in [0.1, 0.15) is 11.6 Å². The second-order valence-corrected chi connectivity index (χ2v) is 6.88. The summed E-state index contributed by atoms with van der Waals surface area (Å²) in [5.41, 5.74) is 7.45.